The Kier molecular flexibility index (Phi) is 13.6. The summed E-state index contributed by atoms with van der Waals surface area (Å²) in [6, 6.07) is 16.8. The summed E-state index contributed by atoms with van der Waals surface area (Å²) in [7, 11) is 0. The number of hydrogen-bond donors (Lipinski definition) is 4. The number of ether oxygens (including phenoxy) is 5. The van der Waals surface area contributed by atoms with Crippen LogP contribution < -0.4 is 25.4 Å². The molecule has 3 aromatic carbocycles. The third-order valence-corrected chi connectivity index (χ3v) is 6.45. The van der Waals surface area contributed by atoms with E-state index in [1.807, 2.05) is 13.8 Å². The predicted molar refractivity (Wildman–Crippen MR) is 193 cm³/mol. The van der Waals surface area contributed by atoms with Crippen molar-refractivity contribution < 1.29 is 42.9 Å². The lowest BCUT2D eigenvalue weighted by atomic mass is 10.1. The minimum atomic E-state index is -0.740. The number of benzene rings is 3. The fraction of sp³-hybridized carbons (Fsp3) is 0.395. The van der Waals surface area contributed by atoms with Crippen molar-refractivity contribution in [3.63, 3.8) is 0 Å². The van der Waals surface area contributed by atoms with Gasteiger partial charge >= 0.3 is 18.0 Å². The number of esters is 2. The molecule has 0 aliphatic carbocycles. The zero-order valence-electron chi connectivity index (χ0n) is 30.6. The van der Waals surface area contributed by atoms with Crippen molar-refractivity contribution >= 4 is 41.1 Å². The molecule has 3 aromatic rings. The van der Waals surface area contributed by atoms with Gasteiger partial charge in [0.25, 0.3) is 5.91 Å². The van der Waals surface area contributed by atoms with E-state index in [0.717, 1.165) is 0 Å². The highest BCUT2D eigenvalue weighted by Crippen LogP contribution is 2.35. The third kappa shape index (κ3) is 13.7. The Bertz CT molecular complexity index is 1720. The van der Waals surface area contributed by atoms with Crippen LogP contribution in [0.3, 0.4) is 0 Å². The molecule has 0 aliphatic heterocycles. The molecule has 13 nitrogen and oxygen atoms in total. The standard InChI is InChI=1S/C38H48N4O9/c1-23(2)49-31-19-25(21-47-24(3)43)18-27(33(31)48-22-32(44)50-37(4,5)6)20-40-30-13-11-10-12-29(30)35(45)41-28-16-14-26(15-17-28)34(39)42-36(46)51-38(7,8)9/h10-19,23,40H,20-22H2,1-9H3,(H,41,45)(H2,39,42,46). The molecule has 4 N–H and O–H groups in total. The summed E-state index contributed by atoms with van der Waals surface area (Å²) in [5, 5.41) is 16.7. The van der Waals surface area contributed by atoms with E-state index >= 15 is 0 Å². The highest BCUT2D eigenvalue weighted by atomic mass is 16.6. The van der Waals surface area contributed by atoms with Crippen molar-refractivity contribution in [2.24, 2.45) is 0 Å². The van der Waals surface area contributed by atoms with E-state index in [1.54, 1.807) is 102 Å². The number of para-hydroxylation sites is 1. The second kappa shape index (κ2) is 17.4. The summed E-state index contributed by atoms with van der Waals surface area (Å²) in [5.74, 6) is -0.920. The number of carbonyl (C=O) groups excluding carboxylic acids is 4. The molecule has 0 fully saturated rings. The van der Waals surface area contributed by atoms with Gasteiger partial charge in [0.1, 0.15) is 23.6 Å². The van der Waals surface area contributed by atoms with Gasteiger partial charge in [-0.1, -0.05) is 12.1 Å². The van der Waals surface area contributed by atoms with Crippen LogP contribution >= 0.6 is 0 Å². The Morgan fingerprint density at radius 3 is 2.12 bits per heavy atom. The van der Waals surface area contributed by atoms with Crippen molar-refractivity contribution in [2.45, 2.75) is 92.8 Å². The number of hydrogen-bond acceptors (Lipinski definition) is 11. The maximum atomic E-state index is 13.5. The largest absolute Gasteiger partial charge is 0.487 e. The number of carbonyl (C=O) groups is 4. The van der Waals surface area contributed by atoms with Gasteiger partial charge in [-0.3, -0.25) is 20.3 Å². The lowest BCUT2D eigenvalue weighted by Gasteiger charge is -2.22. The van der Waals surface area contributed by atoms with Crippen LogP contribution in [0.25, 0.3) is 0 Å². The Labute approximate surface area is 298 Å². The highest BCUT2D eigenvalue weighted by Gasteiger charge is 2.22. The van der Waals surface area contributed by atoms with E-state index in [0.29, 0.717) is 45.1 Å². The fourth-order valence-electron chi connectivity index (χ4n) is 4.55. The molecule has 0 saturated carbocycles. The number of alkyl carbamates (subject to hydrolysis) is 1. The van der Waals surface area contributed by atoms with Gasteiger partial charge in [-0.25, -0.2) is 9.59 Å². The van der Waals surface area contributed by atoms with Crippen LogP contribution in [0.2, 0.25) is 0 Å². The molecule has 13 heteroatoms. The topological polar surface area (TPSA) is 174 Å². The summed E-state index contributed by atoms with van der Waals surface area (Å²) < 4.78 is 27.9. The van der Waals surface area contributed by atoms with Crippen molar-refractivity contribution in [3.05, 3.63) is 82.9 Å². The smallest absolute Gasteiger partial charge is 0.413 e. The van der Waals surface area contributed by atoms with E-state index in [1.165, 1.54) is 6.92 Å². The summed E-state index contributed by atoms with van der Waals surface area (Å²) in [4.78, 5) is 49.7. The molecule has 0 radical (unpaired) electrons. The molecule has 0 aliphatic rings. The van der Waals surface area contributed by atoms with Gasteiger partial charge in [-0.15, -0.1) is 0 Å². The monoisotopic (exact) mass is 704 g/mol. The first kappa shape index (κ1) is 39.8. The van der Waals surface area contributed by atoms with Gasteiger partial charge in [0.05, 0.1) is 11.7 Å². The minimum absolute atomic E-state index is 0.0164. The zero-order valence-corrected chi connectivity index (χ0v) is 30.6. The quantitative estimate of drug-likeness (QED) is 0.0629. The van der Waals surface area contributed by atoms with Gasteiger partial charge in [-0.2, -0.15) is 0 Å². The average molecular weight is 705 g/mol. The maximum absolute atomic E-state index is 13.5. The summed E-state index contributed by atoms with van der Waals surface area (Å²) in [6.45, 7) is 15.2. The summed E-state index contributed by atoms with van der Waals surface area (Å²) in [5.41, 5.74) is 1.53. The van der Waals surface area contributed by atoms with Crippen LogP contribution in [-0.4, -0.2) is 53.7 Å². The van der Waals surface area contributed by atoms with E-state index < -0.39 is 35.1 Å². The molecule has 274 valence electrons. The lowest BCUT2D eigenvalue weighted by Crippen LogP contribution is -2.36. The Morgan fingerprint density at radius 1 is 0.863 bits per heavy atom. The highest BCUT2D eigenvalue weighted by molar-refractivity contribution is 6.08. The van der Waals surface area contributed by atoms with Crippen LogP contribution in [0, 0.1) is 5.41 Å². The summed E-state index contributed by atoms with van der Waals surface area (Å²) >= 11 is 0. The van der Waals surface area contributed by atoms with Crippen molar-refractivity contribution in [1.82, 2.24) is 5.32 Å². The molecule has 0 spiro atoms. The molecular formula is C38H48N4O9. The first-order valence-corrected chi connectivity index (χ1v) is 16.4. The van der Waals surface area contributed by atoms with Gasteiger partial charge in [0.15, 0.2) is 18.1 Å². The van der Waals surface area contributed by atoms with E-state index in [-0.39, 0.29) is 31.7 Å². The molecule has 0 atom stereocenters. The van der Waals surface area contributed by atoms with E-state index in [9.17, 15) is 19.2 Å². The lowest BCUT2D eigenvalue weighted by molar-refractivity contribution is -0.157. The Balaban J connectivity index is 1.83. The molecule has 3 rings (SSSR count). The molecule has 0 bridgehead atoms. The predicted octanol–water partition coefficient (Wildman–Crippen LogP) is 6.97. The van der Waals surface area contributed by atoms with Crippen LogP contribution in [-0.2, 0) is 37.0 Å². The van der Waals surface area contributed by atoms with Gasteiger partial charge in [-0.05, 0) is 109 Å². The Morgan fingerprint density at radius 2 is 1.51 bits per heavy atom. The van der Waals surface area contributed by atoms with Crippen molar-refractivity contribution in [3.8, 4) is 11.5 Å². The molecule has 0 saturated heterocycles. The second-order valence-corrected chi connectivity index (χ2v) is 13.8. The molecule has 0 unspecified atom stereocenters. The normalized spacial score (nSPS) is 11.3. The first-order chi connectivity index (χ1) is 23.8. The fourth-order valence-corrected chi connectivity index (χ4v) is 4.55. The maximum Gasteiger partial charge on any atom is 0.413 e. The average Bonchev–Trinajstić information content (AvgIpc) is 3.00. The second-order valence-electron chi connectivity index (χ2n) is 13.8. The number of amidine groups is 1. The molecule has 0 heterocycles. The number of rotatable bonds is 13. The molecular weight excluding hydrogens is 656 g/mol. The third-order valence-electron chi connectivity index (χ3n) is 6.45. The SMILES string of the molecule is CC(=O)OCc1cc(CNc2ccccc2C(=O)Nc2ccc(C(=N)NC(=O)OC(C)(C)C)cc2)c(OCC(=O)OC(C)(C)C)c(OC(C)C)c1. The van der Waals surface area contributed by atoms with Crippen molar-refractivity contribution in [2.75, 3.05) is 17.2 Å². The number of amides is 2. The first-order valence-electron chi connectivity index (χ1n) is 16.4. The Hall–Kier alpha value is -5.59. The van der Waals surface area contributed by atoms with Crippen molar-refractivity contribution in [1.29, 1.82) is 5.41 Å². The molecule has 51 heavy (non-hydrogen) atoms. The van der Waals surface area contributed by atoms with E-state index in [4.69, 9.17) is 29.1 Å². The van der Waals surface area contributed by atoms with E-state index in [2.05, 4.69) is 16.0 Å². The molecule has 2 amide bonds. The van der Waals surface area contributed by atoms with Gasteiger partial charge < -0.3 is 34.3 Å². The van der Waals surface area contributed by atoms with Gasteiger partial charge in [0, 0.05) is 36.0 Å². The van der Waals surface area contributed by atoms with Crippen LogP contribution in [0.4, 0.5) is 16.2 Å². The number of anilines is 2. The molecule has 0 aromatic heterocycles. The summed E-state index contributed by atoms with van der Waals surface area (Å²) in [6.07, 6.45) is -0.987. The minimum Gasteiger partial charge on any atom is -0.487 e. The van der Waals surface area contributed by atoms with Crippen LogP contribution in [0.5, 0.6) is 11.5 Å². The zero-order chi connectivity index (χ0) is 37.9. The van der Waals surface area contributed by atoms with Crippen LogP contribution in [0.1, 0.15) is 89.4 Å². The van der Waals surface area contributed by atoms with Gasteiger partial charge in [0.2, 0.25) is 0 Å². The number of nitrogens with one attached hydrogen (secondary N) is 4. The van der Waals surface area contributed by atoms with Crippen LogP contribution in [0.15, 0.2) is 60.7 Å².